The first-order valence-corrected chi connectivity index (χ1v) is 6.29. The summed E-state index contributed by atoms with van der Waals surface area (Å²) in [5.41, 5.74) is 0. The van der Waals surface area contributed by atoms with Crippen LogP contribution < -0.4 is 5.32 Å². The Bertz CT molecular complexity index is 136. The van der Waals surface area contributed by atoms with E-state index in [0.29, 0.717) is 0 Å². The van der Waals surface area contributed by atoms with Crippen LogP contribution in [0.15, 0.2) is 0 Å². The molecule has 0 aromatic carbocycles. The molecule has 1 atom stereocenters. The van der Waals surface area contributed by atoms with Gasteiger partial charge in [-0.3, -0.25) is 0 Å². The topological polar surface area (TPSA) is 30.5 Å². The monoisotopic (exact) mass is 215 g/mol. The molecule has 1 unspecified atom stereocenters. The van der Waals surface area contributed by atoms with Crippen molar-refractivity contribution in [2.45, 2.75) is 32.6 Å². The first-order chi connectivity index (χ1) is 7.43. The van der Waals surface area contributed by atoms with Crippen LogP contribution in [-0.4, -0.2) is 39.5 Å². The summed E-state index contributed by atoms with van der Waals surface area (Å²) in [7, 11) is 0. The van der Waals surface area contributed by atoms with E-state index in [0.717, 1.165) is 45.4 Å². The molecule has 1 N–H and O–H groups in total. The van der Waals surface area contributed by atoms with Gasteiger partial charge in [-0.25, -0.2) is 0 Å². The molecule has 0 aromatic heterocycles. The third-order valence-corrected chi connectivity index (χ3v) is 2.77. The van der Waals surface area contributed by atoms with E-state index in [1.54, 1.807) is 0 Å². The molecule has 3 heteroatoms. The molecule has 0 aliphatic carbocycles. The fourth-order valence-electron chi connectivity index (χ4n) is 1.75. The highest BCUT2D eigenvalue weighted by Crippen LogP contribution is 2.10. The highest BCUT2D eigenvalue weighted by molar-refractivity contribution is 4.66. The van der Waals surface area contributed by atoms with E-state index < -0.39 is 0 Å². The lowest BCUT2D eigenvalue weighted by Crippen LogP contribution is -2.26. The summed E-state index contributed by atoms with van der Waals surface area (Å²) in [6.45, 7) is 7.91. The molecule has 1 saturated heterocycles. The lowest BCUT2D eigenvalue weighted by atomic mass is 10.1. The molecule has 1 rings (SSSR count). The smallest absolute Gasteiger partial charge is 0.0590 e. The summed E-state index contributed by atoms with van der Waals surface area (Å²) in [6.07, 6.45) is 4.97. The summed E-state index contributed by atoms with van der Waals surface area (Å²) in [6, 6.07) is 0. The molecule has 1 fully saturated rings. The molecule has 15 heavy (non-hydrogen) atoms. The van der Waals surface area contributed by atoms with Crippen LogP contribution >= 0.6 is 0 Å². The van der Waals surface area contributed by atoms with Gasteiger partial charge in [-0.1, -0.05) is 19.8 Å². The SMILES string of the molecule is CCCCCOCCNCC1CCOC1. The molecule has 0 spiro atoms. The average molecular weight is 215 g/mol. The number of rotatable bonds is 9. The minimum Gasteiger partial charge on any atom is -0.381 e. The van der Waals surface area contributed by atoms with Crippen molar-refractivity contribution in [1.82, 2.24) is 5.32 Å². The van der Waals surface area contributed by atoms with E-state index in [1.807, 2.05) is 0 Å². The molecule has 90 valence electrons. The number of hydrogen-bond donors (Lipinski definition) is 1. The van der Waals surface area contributed by atoms with Crippen molar-refractivity contribution in [3.05, 3.63) is 0 Å². The average Bonchev–Trinajstić information content (AvgIpc) is 2.75. The van der Waals surface area contributed by atoms with E-state index in [-0.39, 0.29) is 0 Å². The van der Waals surface area contributed by atoms with Crippen LogP contribution in [0, 0.1) is 5.92 Å². The van der Waals surface area contributed by atoms with Gasteiger partial charge in [0.25, 0.3) is 0 Å². The van der Waals surface area contributed by atoms with E-state index in [9.17, 15) is 0 Å². The summed E-state index contributed by atoms with van der Waals surface area (Å²) in [5.74, 6) is 0.727. The number of hydrogen-bond acceptors (Lipinski definition) is 3. The summed E-state index contributed by atoms with van der Waals surface area (Å²) in [4.78, 5) is 0. The predicted molar refractivity (Wildman–Crippen MR) is 62.1 cm³/mol. The van der Waals surface area contributed by atoms with Crippen LogP contribution in [0.5, 0.6) is 0 Å². The summed E-state index contributed by atoms with van der Waals surface area (Å²) < 4.78 is 10.8. The van der Waals surface area contributed by atoms with Gasteiger partial charge < -0.3 is 14.8 Å². The van der Waals surface area contributed by atoms with Gasteiger partial charge in [0.15, 0.2) is 0 Å². The van der Waals surface area contributed by atoms with Crippen molar-refractivity contribution in [3.8, 4) is 0 Å². The molecule has 0 amide bonds. The minimum absolute atomic E-state index is 0.727. The van der Waals surface area contributed by atoms with E-state index in [2.05, 4.69) is 12.2 Å². The highest BCUT2D eigenvalue weighted by atomic mass is 16.5. The quantitative estimate of drug-likeness (QED) is 0.595. The molecular formula is C12H25NO2. The fourth-order valence-corrected chi connectivity index (χ4v) is 1.75. The zero-order chi connectivity index (χ0) is 10.8. The Morgan fingerprint density at radius 2 is 2.27 bits per heavy atom. The molecule has 1 aliphatic heterocycles. The second kappa shape index (κ2) is 9.13. The van der Waals surface area contributed by atoms with Crippen LogP contribution in [0.25, 0.3) is 0 Å². The molecule has 0 radical (unpaired) electrons. The van der Waals surface area contributed by atoms with Gasteiger partial charge in [0.05, 0.1) is 13.2 Å². The Morgan fingerprint density at radius 1 is 1.33 bits per heavy atom. The van der Waals surface area contributed by atoms with Crippen molar-refractivity contribution in [3.63, 3.8) is 0 Å². The van der Waals surface area contributed by atoms with Gasteiger partial charge in [-0.15, -0.1) is 0 Å². The third-order valence-electron chi connectivity index (χ3n) is 2.77. The number of nitrogens with one attached hydrogen (secondary N) is 1. The summed E-state index contributed by atoms with van der Waals surface area (Å²) in [5, 5.41) is 3.41. The Morgan fingerprint density at radius 3 is 3.00 bits per heavy atom. The van der Waals surface area contributed by atoms with E-state index in [1.165, 1.54) is 25.7 Å². The first kappa shape index (κ1) is 12.9. The van der Waals surface area contributed by atoms with Gasteiger partial charge in [0.2, 0.25) is 0 Å². The molecule has 1 heterocycles. The largest absolute Gasteiger partial charge is 0.381 e. The van der Waals surface area contributed by atoms with Crippen LogP contribution in [0.1, 0.15) is 32.6 Å². The third kappa shape index (κ3) is 6.88. The predicted octanol–water partition coefficient (Wildman–Crippen LogP) is 1.82. The zero-order valence-electron chi connectivity index (χ0n) is 9.96. The molecule has 0 saturated carbocycles. The van der Waals surface area contributed by atoms with Crippen molar-refractivity contribution in [2.24, 2.45) is 5.92 Å². The maximum Gasteiger partial charge on any atom is 0.0590 e. The van der Waals surface area contributed by atoms with Crippen LogP contribution in [0.2, 0.25) is 0 Å². The van der Waals surface area contributed by atoms with Gasteiger partial charge in [0.1, 0.15) is 0 Å². The lowest BCUT2D eigenvalue weighted by Gasteiger charge is -2.09. The molecule has 1 aliphatic rings. The maximum absolute atomic E-state index is 5.51. The van der Waals surface area contributed by atoms with Crippen LogP contribution in [-0.2, 0) is 9.47 Å². The Labute approximate surface area is 93.5 Å². The zero-order valence-corrected chi connectivity index (χ0v) is 9.96. The maximum atomic E-state index is 5.51. The summed E-state index contributed by atoms with van der Waals surface area (Å²) >= 11 is 0. The standard InChI is InChI=1S/C12H25NO2/c1-2-3-4-7-14-9-6-13-10-12-5-8-15-11-12/h12-13H,2-11H2,1H3. The van der Waals surface area contributed by atoms with Gasteiger partial charge >= 0.3 is 0 Å². The first-order valence-electron chi connectivity index (χ1n) is 6.29. The molecular weight excluding hydrogens is 190 g/mol. The Balaban J connectivity index is 1.73. The highest BCUT2D eigenvalue weighted by Gasteiger charge is 2.14. The van der Waals surface area contributed by atoms with Crippen molar-refractivity contribution >= 4 is 0 Å². The van der Waals surface area contributed by atoms with Gasteiger partial charge in [0, 0.05) is 26.3 Å². The normalized spacial score (nSPS) is 21.0. The van der Waals surface area contributed by atoms with E-state index in [4.69, 9.17) is 9.47 Å². The van der Waals surface area contributed by atoms with Crippen molar-refractivity contribution in [1.29, 1.82) is 0 Å². The van der Waals surface area contributed by atoms with Gasteiger partial charge in [-0.2, -0.15) is 0 Å². The van der Waals surface area contributed by atoms with E-state index >= 15 is 0 Å². The van der Waals surface area contributed by atoms with Crippen LogP contribution in [0.4, 0.5) is 0 Å². The van der Waals surface area contributed by atoms with Crippen LogP contribution in [0.3, 0.4) is 0 Å². The number of ether oxygens (including phenoxy) is 2. The Hall–Kier alpha value is -0.120. The number of unbranched alkanes of at least 4 members (excludes halogenated alkanes) is 2. The molecule has 0 aromatic rings. The molecule has 3 nitrogen and oxygen atoms in total. The fraction of sp³-hybridized carbons (Fsp3) is 1.00. The van der Waals surface area contributed by atoms with Crippen molar-refractivity contribution < 1.29 is 9.47 Å². The lowest BCUT2D eigenvalue weighted by molar-refractivity contribution is 0.130. The minimum atomic E-state index is 0.727. The van der Waals surface area contributed by atoms with Gasteiger partial charge in [-0.05, 0) is 18.8 Å². The Kier molecular flexibility index (Phi) is 7.88. The second-order valence-corrected chi connectivity index (χ2v) is 4.25. The molecule has 0 bridgehead atoms. The van der Waals surface area contributed by atoms with Crippen molar-refractivity contribution in [2.75, 3.05) is 39.5 Å². The second-order valence-electron chi connectivity index (χ2n) is 4.25.